The zero-order chi connectivity index (χ0) is 17.6. The molecule has 0 aliphatic heterocycles. The maximum atomic E-state index is 12.1. The molecule has 0 radical (unpaired) electrons. The second kappa shape index (κ2) is 7.86. The topological polar surface area (TPSA) is 59.3 Å². The van der Waals surface area contributed by atoms with Crippen molar-refractivity contribution in [1.82, 2.24) is 0 Å². The van der Waals surface area contributed by atoms with Gasteiger partial charge in [-0.2, -0.15) is 5.26 Å². The number of carbonyl (C=O) groups is 1. The average Bonchev–Trinajstić information content (AvgIpc) is 2.53. The molecule has 0 heterocycles. The Kier molecular flexibility index (Phi) is 5.85. The van der Waals surface area contributed by atoms with Crippen LogP contribution in [0.2, 0.25) is 0 Å². The number of ether oxygens (including phenoxy) is 2. The van der Waals surface area contributed by atoms with Crippen LogP contribution in [0.5, 0.6) is 5.75 Å². The van der Waals surface area contributed by atoms with Gasteiger partial charge in [-0.3, -0.25) is 0 Å². The van der Waals surface area contributed by atoms with Gasteiger partial charge in [0.1, 0.15) is 11.9 Å². The molecule has 1 aromatic rings. The molecule has 128 valence electrons. The van der Waals surface area contributed by atoms with Crippen LogP contribution >= 0.6 is 0 Å². The number of rotatable bonds is 4. The van der Waals surface area contributed by atoms with E-state index in [4.69, 9.17) is 10.00 Å². The number of nitriles is 1. The fraction of sp³-hybridized carbons (Fsp3) is 0.412. The highest BCUT2D eigenvalue weighted by Crippen LogP contribution is 2.28. The van der Waals surface area contributed by atoms with Gasteiger partial charge in [0.2, 0.25) is 0 Å². The summed E-state index contributed by atoms with van der Waals surface area (Å²) in [7, 11) is 0. The molecule has 0 N–H and O–H groups in total. The predicted octanol–water partition coefficient (Wildman–Crippen LogP) is 4.38. The van der Waals surface area contributed by atoms with Gasteiger partial charge in [-0.1, -0.05) is 6.08 Å². The molecule has 7 heteroatoms. The van der Waals surface area contributed by atoms with Crippen LogP contribution in [-0.2, 0) is 4.74 Å². The summed E-state index contributed by atoms with van der Waals surface area (Å²) in [5, 5.41) is 8.50. The van der Waals surface area contributed by atoms with Crippen molar-refractivity contribution >= 4 is 5.97 Å². The summed E-state index contributed by atoms with van der Waals surface area (Å²) in [6.45, 7) is 0. The zero-order valence-corrected chi connectivity index (χ0v) is 12.8. The standard InChI is InChI=1S/C17H16F3NO3/c18-17(19,20)24-15-9-5-13(6-10-15)16(22)23-14-7-3-12(4-8-14)2-1-11-21/h1-2,5-6,9-10,12,14H,3-4,7-8H2/b2-1+. The molecule has 0 saturated heterocycles. The molecule has 0 spiro atoms. The third kappa shape index (κ3) is 5.61. The second-order valence-corrected chi connectivity index (χ2v) is 5.50. The molecule has 1 aliphatic carbocycles. The lowest BCUT2D eigenvalue weighted by molar-refractivity contribution is -0.274. The Bertz CT molecular complexity index is 624. The quantitative estimate of drug-likeness (QED) is 0.603. The number of hydrogen-bond donors (Lipinski definition) is 0. The minimum absolute atomic E-state index is 0.177. The number of halogens is 3. The SMILES string of the molecule is N#C/C=C/C1CCC(OC(=O)c2ccc(OC(F)(F)F)cc2)CC1. The Labute approximate surface area is 137 Å². The van der Waals surface area contributed by atoms with Gasteiger partial charge in [0.05, 0.1) is 11.6 Å². The summed E-state index contributed by atoms with van der Waals surface area (Å²) in [5.74, 6) is -0.633. The molecule has 1 aliphatic rings. The van der Waals surface area contributed by atoms with Crippen LogP contribution < -0.4 is 4.74 Å². The van der Waals surface area contributed by atoms with Gasteiger partial charge >= 0.3 is 12.3 Å². The normalized spacial score (nSPS) is 21.2. The lowest BCUT2D eigenvalue weighted by Gasteiger charge is -2.26. The first-order valence-electron chi connectivity index (χ1n) is 7.50. The van der Waals surface area contributed by atoms with Crippen LogP contribution in [0.4, 0.5) is 13.2 Å². The largest absolute Gasteiger partial charge is 0.573 e. The monoisotopic (exact) mass is 339 g/mol. The molecule has 0 amide bonds. The maximum absolute atomic E-state index is 12.1. The number of benzene rings is 1. The molecule has 2 rings (SSSR count). The molecule has 1 saturated carbocycles. The van der Waals surface area contributed by atoms with E-state index in [1.807, 2.05) is 12.1 Å². The number of esters is 1. The molecule has 0 aromatic heterocycles. The molecule has 4 nitrogen and oxygen atoms in total. The maximum Gasteiger partial charge on any atom is 0.573 e. The van der Waals surface area contributed by atoms with Crippen molar-refractivity contribution in [2.45, 2.75) is 38.1 Å². The number of carbonyl (C=O) groups excluding carboxylic acids is 1. The highest BCUT2D eigenvalue weighted by Gasteiger charge is 2.31. The van der Waals surface area contributed by atoms with Crippen molar-refractivity contribution in [3.8, 4) is 11.8 Å². The van der Waals surface area contributed by atoms with E-state index in [1.165, 1.54) is 18.2 Å². The van der Waals surface area contributed by atoms with E-state index in [2.05, 4.69) is 4.74 Å². The molecule has 0 atom stereocenters. The summed E-state index contributed by atoms with van der Waals surface area (Å²) in [6, 6.07) is 6.59. The van der Waals surface area contributed by atoms with Crippen LogP contribution in [0.25, 0.3) is 0 Å². The second-order valence-electron chi connectivity index (χ2n) is 5.50. The van der Waals surface area contributed by atoms with Gasteiger partial charge in [-0.15, -0.1) is 13.2 Å². The summed E-state index contributed by atoms with van der Waals surface area (Å²) >= 11 is 0. The molecule has 0 bridgehead atoms. The molecule has 1 aromatic carbocycles. The van der Waals surface area contributed by atoms with Crippen molar-refractivity contribution in [2.24, 2.45) is 5.92 Å². The van der Waals surface area contributed by atoms with Gasteiger partial charge in [-0.25, -0.2) is 4.79 Å². The van der Waals surface area contributed by atoms with Gasteiger partial charge < -0.3 is 9.47 Å². The Morgan fingerprint density at radius 1 is 1.17 bits per heavy atom. The van der Waals surface area contributed by atoms with Gasteiger partial charge in [0.15, 0.2) is 0 Å². The summed E-state index contributed by atoms with van der Waals surface area (Å²) in [4.78, 5) is 12.0. The van der Waals surface area contributed by atoms with Crippen LogP contribution in [0.15, 0.2) is 36.4 Å². The number of hydrogen-bond acceptors (Lipinski definition) is 4. The van der Waals surface area contributed by atoms with Crippen LogP contribution in [0.3, 0.4) is 0 Å². The average molecular weight is 339 g/mol. The van der Waals surface area contributed by atoms with Crippen molar-refractivity contribution in [3.05, 3.63) is 42.0 Å². The van der Waals surface area contributed by atoms with Crippen molar-refractivity contribution in [2.75, 3.05) is 0 Å². The minimum Gasteiger partial charge on any atom is -0.459 e. The van der Waals surface area contributed by atoms with Crippen LogP contribution in [0.1, 0.15) is 36.0 Å². The number of alkyl halides is 3. The van der Waals surface area contributed by atoms with E-state index in [0.29, 0.717) is 18.8 Å². The first-order valence-corrected chi connectivity index (χ1v) is 7.50. The van der Waals surface area contributed by atoms with E-state index < -0.39 is 12.3 Å². The highest BCUT2D eigenvalue weighted by atomic mass is 19.4. The summed E-state index contributed by atoms with van der Waals surface area (Å²) in [5.41, 5.74) is 0.177. The Hall–Kier alpha value is -2.49. The highest BCUT2D eigenvalue weighted by molar-refractivity contribution is 5.89. The van der Waals surface area contributed by atoms with Gasteiger partial charge in [0.25, 0.3) is 0 Å². The number of nitrogens with zero attached hydrogens (tertiary/aromatic N) is 1. The fourth-order valence-electron chi connectivity index (χ4n) is 2.59. The lowest BCUT2D eigenvalue weighted by Crippen LogP contribution is -2.24. The smallest absolute Gasteiger partial charge is 0.459 e. The zero-order valence-electron chi connectivity index (χ0n) is 12.8. The van der Waals surface area contributed by atoms with Crippen LogP contribution in [-0.4, -0.2) is 18.4 Å². The first kappa shape index (κ1) is 17.9. The third-order valence-electron chi connectivity index (χ3n) is 3.76. The van der Waals surface area contributed by atoms with Crippen molar-refractivity contribution in [1.29, 1.82) is 5.26 Å². The predicted molar refractivity (Wildman–Crippen MR) is 79.0 cm³/mol. The first-order chi connectivity index (χ1) is 11.4. The van der Waals surface area contributed by atoms with Crippen molar-refractivity contribution < 1.29 is 27.4 Å². The Morgan fingerprint density at radius 3 is 2.33 bits per heavy atom. The Morgan fingerprint density at radius 2 is 1.79 bits per heavy atom. The van der Waals surface area contributed by atoms with Gasteiger partial charge in [-0.05, 0) is 55.9 Å². The van der Waals surface area contributed by atoms with E-state index in [0.717, 1.165) is 25.0 Å². The molecular weight excluding hydrogens is 323 g/mol. The summed E-state index contributed by atoms with van der Waals surface area (Å²) in [6.07, 6.45) is 1.39. The Balaban J connectivity index is 1.85. The van der Waals surface area contributed by atoms with E-state index in [9.17, 15) is 18.0 Å². The molecule has 1 fully saturated rings. The van der Waals surface area contributed by atoms with E-state index >= 15 is 0 Å². The van der Waals surface area contributed by atoms with Crippen LogP contribution in [0, 0.1) is 17.2 Å². The lowest BCUT2D eigenvalue weighted by atomic mass is 9.87. The molecular formula is C17H16F3NO3. The van der Waals surface area contributed by atoms with Gasteiger partial charge in [0, 0.05) is 6.08 Å². The minimum atomic E-state index is -4.76. The summed E-state index contributed by atoms with van der Waals surface area (Å²) < 4.78 is 45.4. The third-order valence-corrected chi connectivity index (χ3v) is 3.76. The van der Waals surface area contributed by atoms with Crippen molar-refractivity contribution in [3.63, 3.8) is 0 Å². The molecule has 0 unspecified atom stereocenters. The molecule has 24 heavy (non-hydrogen) atoms. The fourth-order valence-corrected chi connectivity index (χ4v) is 2.59. The number of allylic oxidation sites excluding steroid dienone is 2. The van der Waals surface area contributed by atoms with E-state index in [1.54, 1.807) is 0 Å². The van der Waals surface area contributed by atoms with E-state index in [-0.39, 0.29) is 17.4 Å².